The number of nitrogens with zero attached hydrogens (tertiary/aromatic N) is 1. The maximum atomic E-state index is 12.2. The summed E-state index contributed by atoms with van der Waals surface area (Å²) in [5.41, 5.74) is -0.437. The normalized spacial score (nSPS) is 28.1. The Morgan fingerprint density at radius 3 is 2.50 bits per heavy atom. The number of likely N-dealkylation sites (N-methyl/N-ethyl adjacent to an activating group) is 1. The summed E-state index contributed by atoms with van der Waals surface area (Å²) in [7, 11) is 1.95. The van der Waals surface area contributed by atoms with Crippen molar-refractivity contribution in [1.82, 2.24) is 10.2 Å². The number of rotatable bonds is 6. The van der Waals surface area contributed by atoms with E-state index < -0.39 is 17.7 Å². The fraction of sp³-hybridized carbons (Fsp3) is 0.846. The number of likely N-dealkylation sites (tertiary alicyclic amines) is 1. The summed E-state index contributed by atoms with van der Waals surface area (Å²) in [6.45, 7) is 5.95. The molecule has 1 rings (SSSR count). The van der Waals surface area contributed by atoms with E-state index in [1.54, 1.807) is 6.92 Å². The number of aliphatic hydroxyl groups is 1. The van der Waals surface area contributed by atoms with Gasteiger partial charge in [-0.25, -0.2) is 0 Å². The molecule has 0 aliphatic carbocycles. The van der Waals surface area contributed by atoms with Gasteiger partial charge in [-0.2, -0.15) is 0 Å². The predicted octanol–water partition coefficient (Wildman–Crippen LogP) is -0.0322. The first-order valence-corrected chi connectivity index (χ1v) is 6.45. The van der Waals surface area contributed by atoms with Gasteiger partial charge in [-0.1, -0.05) is 0 Å². The Hall–Kier alpha value is -0.780. The van der Waals surface area contributed by atoms with Crippen LogP contribution in [0.4, 0.5) is 0 Å². The van der Waals surface area contributed by atoms with Gasteiger partial charge in [0.2, 0.25) is 0 Å². The summed E-state index contributed by atoms with van der Waals surface area (Å²) >= 11 is 0. The Morgan fingerprint density at radius 1 is 1.50 bits per heavy atom. The smallest absolute Gasteiger partial charge is 0.166 e. The molecule has 18 heavy (non-hydrogen) atoms. The number of nitrogens with one attached hydrogen (secondary N) is 1. The zero-order valence-electron chi connectivity index (χ0n) is 11.7. The fourth-order valence-corrected chi connectivity index (χ4v) is 2.50. The van der Waals surface area contributed by atoms with Gasteiger partial charge in [0.1, 0.15) is 5.78 Å². The molecule has 0 spiro atoms. The van der Waals surface area contributed by atoms with Crippen LogP contribution in [-0.2, 0) is 9.59 Å². The van der Waals surface area contributed by atoms with Crippen LogP contribution < -0.4 is 5.32 Å². The van der Waals surface area contributed by atoms with E-state index in [1.165, 1.54) is 6.92 Å². The molecule has 0 saturated carbocycles. The van der Waals surface area contributed by atoms with E-state index in [-0.39, 0.29) is 18.1 Å². The highest BCUT2D eigenvalue weighted by Gasteiger charge is 2.40. The van der Waals surface area contributed by atoms with E-state index in [4.69, 9.17) is 0 Å². The Kier molecular flexibility index (Phi) is 5.01. The van der Waals surface area contributed by atoms with Crippen molar-refractivity contribution < 1.29 is 14.7 Å². The van der Waals surface area contributed by atoms with Gasteiger partial charge in [0, 0.05) is 0 Å². The number of aliphatic hydroxyl groups excluding tert-OH is 1. The third kappa shape index (κ3) is 3.16. The number of carbonyl (C=O) groups excluding carboxylic acids is 2. The maximum absolute atomic E-state index is 12.2. The molecule has 0 bridgehead atoms. The Balaban J connectivity index is 2.57. The lowest BCUT2D eigenvalue weighted by atomic mass is 9.93. The lowest BCUT2D eigenvalue weighted by Gasteiger charge is -2.31. The molecule has 0 aromatic heterocycles. The molecule has 0 amide bonds. The SMILES string of the molecule is CC(=O)[C@@H](NCC(=O)[C@]1(C)CCCN1C)C(C)O. The molecule has 1 aliphatic rings. The summed E-state index contributed by atoms with van der Waals surface area (Å²) in [6, 6.07) is -0.663. The monoisotopic (exact) mass is 256 g/mol. The Bertz CT molecular complexity index is 330. The number of ketones is 2. The first-order chi connectivity index (χ1) is 8.29. The largest absolute Gasteiger partial charge is 0.391 e. The second-order valence-electron chi connectivity index (χ2n) is 5.43. The average molecular weight is 256 g/mol. The van der Waals surface area contributed by atoms with Gasteiger partial charge in [-0.3, -0.25) is 19.8 Å². The first kappa shape index (κ1) is 15.3. The summed E-state index contributed by atoms with van der Waals surface area (Å²) in [6.07, 6.45) is 1.08. The van der Waals surface area contributed by atoms with Crippen LogP contribution >= 0.6 is 0 Å². The zero-order valence-corrected chi connectivity index (χ0v) is 11.7. The molecule has 104 valence electrons. The van der Waals surface area contributed by atoms with Gasteiger partial charge < -0.3 is 5.11 Å². The molecule has 0 aromatic carbocycles. The first-order valence-electron chi connectivity index (χ1n) is 6.45. The van der Waals surface area contributed by atoms with Crippen molar-refractivity contribution in [3.8, 4) is 0 Å². The van der Waals surface area contributed by atoms with Crippen LogP contribution in [0.15, 0.2) is 0 Å². The van der Waals surface area contributed by atoms with Crippen LogP contribution in [-0.4, -0.2) is 59.4 Å². The van der Waals surface area contributed by atoms with Crippen LogP contribution in [0, 0.1) is 0 Å². The molecule has 1 unspecified atom stereocenters. The summed E-state index contributed by atoms with van der Waals surface area (Å²) < 4.78 is 0. The maximum Gasteiger partial charge on any atom is 0.166 e. The minimum absolute atomic E-state index is 0.0781. The van der Waals surface area contributed by atoms with Crippen molar-refractivity contribution in [3.63, 3.8) is 0 Å². The second-order valence-corrected chi connectivity index (χ2v) is 5.43. The van der Waals surface area contributed by atoms with Gasteiger partial charge in [0.05, 0.1) is 24.2 Å². The van der Waals surface area contributed by atoms with Gasteiger partial charge in [-0.15, -0.1) is 0 Å². The third-order valence-corrected chi connectivity index (χ3v) is 4.00. The number of carbonyl (C=O) groups is 2. The Morgan fingerprint density at radius 2 is 2.11 bits per heavy atom. The molecular formula is C13H24N2O3. The topological polar surface area (TPSA) is 69.6 Å². The summed E-state index contributed by atoms with van der Waals surface area (Å²) in [5, 5.41) is 12.3. The fourth-order valence-electron chi connectivity index (χ4n) is 2.50. The minimum atomic E-state index is -0.788. The molecule has 0 aromatic rings. The molecule has 3 atom stereocenters. The standard InChI is InChI=1S/C13H24N2O3/c1-9(16)12(10(2)17)14-8-11(18)13(3)6-5-7-15(13)4/h9,12,14,16H,5-8H2,1-4H3/t9?,12-,13-/m0/s1. The van der Waals surface area contributed by atoms with E-state index in [9.17, 15) is 14.7 Å². The van der Waals surface area contributed by atoms with Crippen LogP contribution in [0.3, 0.4) is 0 Å². The van der Waals surface area contributed by atoms with Crippen LogP contribution in [0.5, 0.6) is 0 Å². The van der Waals surface area contributed by atoms with Crippen LogP contribution in [0.25, 0.3) is 0 Å². The van der Waals surface area contributed by atoms with Crippen LogP contribution in [0.2, 0.25) is 0 Å². The molecule has 1 aliphatic heterocycles. The highest BCUT2D eigenvalue weighted by Crippen LogP contribution is 2.27. The molecule has 2 N–H and O–H groups in total. The van der Waals surface area contributed by atoms with E-state index in [1.807, 2.05) is 14.0 Å². The lowest BCUT2D eigenvalue weighted by Crippen LogP contribution is -2.53. The van der Waals surface area contributed by atoms with Gasteiger partial charge >= 0.3 is 0 Å². The molecule has 5 nitrogen and oxygen atoms in total. The molecule has 1 heterocycles. The zero-order chi connectivity index (χ0) is 13.9. The summed E-state index contributed by atoms with van der Waals surface area (Å²) in [5.74, 6) is -0.0721. The third-order valence-electron chi connectivity index (χ3n) is 4.00. The quantitative estimate of drug-likeness (QED) is 0.698. The van der Waals surface area contributed by atoms with Gasteiger partial charge in [-0.05, 0) is 47.2 Å². The van der Waals surface area contributed by atoms with Gasteiger partial charge in [0.25, 0.3) is 0 Å². The Labute approximate surface area is 109 Å². The molecular weight excluding hydrogens is 232 g/mol. The molecule has 1 fully saturated rings. The number of hydrogen-bond donors (Lipinski definition) is 2. The average Bonchev–Trinajstić information content (AvgIpc) is 2.59. The lowest BCUT2D eigenvalue weighted by molar-refractivity contribution is -0.128. The van der Waals surface area contributed by atoms with Crippen molar-refractivity contribution >= 4 is 11.6 Å². The summed E-state index contributed by atoms with van der Waals surface area (Å²) in [4.78, 5) is 25.6. The van der Waals surface area contributed by atoms with E-state index >= 15 is 0 Å². The highest BCUT2D eigenvalue weighted by atomic mass is 16.3. The van der Waals surface area contributed by atoms with Crippen LogP contribution in [0.1, 0.15) is 33.6 Å². The van der Waals surface area contributed by atoms with Crippen molar-refractivity contribution in [3.05, 3.63) is 0 Å². The number of Topliss-reactive ketones (excluding diaryl/α,β-unsaturated/α-hetero) is 2. The van der Waals surface area contributed by atoms with Gasteiger partial charge in [0.15, 0.2) is 5.78 Å². The van der Waals surface area contributed by atoms with E-state index in [2.05, 4.69) is 10.2 Å². The molecule has 1 saturated heterocycles. The molecule has 5 heteroatoms. The van der Waals surface area contributed by atoms with Crippen molar-refractivity contribution in [1.29, 1.82) is 0 Å². The highest BCUT2D eigenvalue weighted by molar-refractivity contribution is 5.91. The van der Waals surface area contributed by atoms with Crippen molar-refractivity contribution in [2.75, 3.05) is 20.1 Å². The second kappa shape index (κ2) is 5.91. The van der Waals surface area contributed by atoms with E-state index in [0.717, 1.165) is 19.4 Å². The predicted molar refractivity (Wildman–Crippen MR) is 69.4 cm³/mol. The van der Waals surface area contributed by atoms with Crippen molar-refractivity contribution in [2.45, 2.75) is 51.3 Å². The van der Waals surface area contributed by atoms with Crippen molar-refractivity contribution in [2.24, 2.45) is 0 Å². The minimum Gasteiger partial charge on any atom is -0.391 e. The molecule has 0 radical (unpaired) electrons. The number of hydrogen-bond acceptors (Lipinski definition) is 5. The van der Waals surface area contributed by atoms with E-state index in [0.29, 0.717) is 0 Å².